The van der Waals surface area contributed by atoms with Crippen molar-refractivity contribution in [1.29, 1.82) is 0 Å². The minimum Gasteiger partial charge on any atom is -0.350 e. The standard InChI is InChI=1S/C15H17BrCl4O2/c1-12(2,16)7-5-6-9-8-13(19)10(17)11(18)14(9,20)15(13,21-3)22-4/h9H,6,8H2,1-4H3. The molecule has 2 aliphatic carbocycles. The summed E-state index contributed by atoms with van der Waals surface area (Å²) in [7, 11) is 2.99. The number of hydrogen-bond acceptors (Lipinski definition) is 2. The lowest BCUT2D eigenvalue weighted by Gasteiger charge is -2.41. The molecule has 1 saturated carbocycles. The largest absolute Gasteiger partial charge is 0.350 e. The molecule has 124 valence electrons. The summed E-state index contributed by atoms with van der Waals surface area (Å²) in [6, 6.07) is 0. The van der Waals surface area contributed by atoms with E-state index in [1.807, 2.05) is 13.8 Å². The molecule has 0 amide bonds. The molecule has 2 rings (SSSR count). The molecule has 1 fully saturated rings. The Kier molecular flexibility index (Phi) is 5.22. The number of methoxy groups -OCH3 is 2. The molecule has 0 spiro atoms. The van der Waals surface area contributed by atoms with Crippen molar-refractivity contribution in [2.75, 3.05) is 14.2 Å². The fourth-order valence-corrected chi connectivity index (χ4v) is 5.59. The highest BCUT2D eigenvalue weighted by molar-refractivity contribution is 9.10. The molecule has 0 heterocycles. The van der Waals surface area contributed by atoms with E-state index in [2.05, 4.69) is 27.8 Å². The molecule has 3 unspecified atom stereocenters. The molecule has 0 aliphatic heterocycles. The second kappa shape index (κ2) is 5.99. The zero-order chi connectivity index (χ0) is 17.0. The molecule has 3 atom stereocenters. The maximum Gasteiger partial charge on any atom is 0.217 e. The molecule has 0 saturated heterocycles. The van der Waals surface area contributed by atoms with Gasteiger partial charge in [-0.2, -0.15) is 0 Å². The van der Waals surface area contributed by atoms with E-state index in [1.54, 1.807) is 0 Å². The number of fused-ring (bicyclic) bond motifs is 2. The van der Waals surface area contributed by atoms with E-state index in [0.717, 1.165) is 0 Å². The van der Waals surface area contributed by atoms with E-state index < -0.39 is 15.5 Å². The van der Waals surface area contributed by atoms with Crippen LogP contribution in [0.5, 0.6) is 0 Å². The fraction of sp³-hybridized carbons (Fsp3) is 0.733. The summed E-state index contributed by atoms with van der Waals surface area (Å²) < 4.78 is 10.9. The van der Waals surface area contributed by atoms with Crippen LogP contribution in [0.25, 0.3) is 0 Å². The summed E-state index contributed by atoms with van der Waals surface area (Å²) in [6.07, 6.45) is 0.994. The second-order valence-electron chi connectivity index (χ2n) is 6.05. The zero-order valence-electron chi connectivity index (χ0n) is 12.7. The van der Waals surface area contributed by atoms with E-state index in [-0.39, 0.29) is 15.3 Å². The Hall–Kier alpha value is 0.860. The Morgan fingerprint density at radius 2 is 1.77 bits per heavy atom. The van der Waals surface area contributed by atoms with Gasteiger partial charge in [-0.1, -0.05) is 45.1 Å². The highest BCUT2D eigenvalue weighted by Gasteiger charge is 2.80. The van der Waals surface area contributed by atoms with Gasteiger partial charge in [-0.05, 0) is 20.3 Å². The van der Waals surface area contributed by atoms with Gasteiger partial charge < -0.3 is 9.47 Å². The average molecular weight is 451 g/mol. The number of hydrogen-bond donors (Lipinski definition) is 0. The van der Waals surface area contributed by atoms with Gasteiger partial charge in [0.05, 0.1) is 14.4 Å². The molecule has 0 aromatic heterocycles. The summed E-state index contributed by atoms with van der Waals surface area (Å²) in [5.74, 6) is 4.81. The van der Waals surface area contributed by atoms with Crippen molar-refractivity contribution in [3.63, 3.8) is 0 Å². The zero-order valence-corrected chi connectivity index (χ0v) is 17.3. The molecule has 0 radical (unpaired) electrons. The quantitative estimate of drug-likeness (QED) is 0.333. The fourth-order valence-electron chi connectivity index (χ4n) is 3.36. The molecule has 0 aromatic carbocycles. The van der Waals surface area contributed by atoms with Crippen molar-refractivity contribution < 1.29 is 9.47 Å². The van der Waals surface area contributed by atoms with Gasteiger partial charge in [-0.3, -0.25) is 0 Å². The summed E-state index contributed by atoms with van der Waals surface area (Å²) in [5, 5.41) is 0.574. The Bertz CT molecular complexity index is 570. The van der Waals surface area contributed by atoms with Crippen LogP contribution in [0.4, 0.5) is 0 Å². The lowest BCUT2D eigenvalue weighted by Crippen LogP contribution is -2.56. The summed E-state index contributed by atoms with van der Waals surface area (Å²) in [4.78, 5) is -2.25. The van der Waals surface area contributed by atoms with Crippen LogP contribution in [-0.2, 0) is 9.47 Å². The Labute approximate surface area is 159 Å². The van der Waals surface area contributed by atoms with Crippen LogP contribution >= 0.6 is 62.3 Å². The SMILES string of the molecule is COC1(OC)C2(Cl)CC(CC#CC(C)(C)Br)C1(Cl)C(Cl)=C2Cl. The maximum absolute atomic E-state index is 6.88. The molecule has 2 nitrogen and oxygen atoms in total. The van der Waals surface area contributed by atoms with Crippen LogP contribution in [-0.4, -0.2) is 34.1 Å². The van der Waals surface area contributed by atoms with E-state index in [4.69, 9.17) is 55.9 Å². The Balaban J connectivity index is 2.45. The topological polar surface area (TPSA) is 18.5 Å². The van der Waals surface area contributed by atoms with Crippen molar-refractivity contribution in [1.82, 2.24) is 0 Å². The first-order chi connectivity index (χ1) is 10.00. The number of ether oxygens (including phenoxy) is 2. The van der Waals surface area contributed by atoms with Crippen LogP contribution in [0.1, 0.15) is 26.7 Å². The van der Waals surface area contributed by atoms with Crippen molar-refractivity contribution in [2.45, 2.75) is 46.5 Å². The van der Waals surface area contributed by atoms with Crippen molar-refractivity contribution in [2.24, 2.45) is 5.92 Å². The van der Waals surface area contributed by atoms with Gasteiger partial charge in [-0.25, -0.2) is 0 Å². The maximum atomic E-state index is 6.88. The van der Waals surface area contributed by atoms with Crippen LogP contribution in [0.3, 0.4) is 0 Å². The molecule has 2 bridgehead atoms. The van der Waals surface area contributed by atoms with Crippen LogP contribution in [0, 0.1) is 17.8 Å². The monoisotopic (exact) mass is 448 g/mol. The highest BCUT2D eigenvalue weighted by atomic mass is 79.9. The molecule has 22 heavy (non-hydrogen) atoms. The van der Waals surface area contributed by atoms with Gasteiger partial charge >= 0.3 is 0 Å². The first kappa shape index (κ1) is 19.2. The van der Waals surface area contributed by atoms with E-state index in [0.29, 0.717) is 17.9 Å². The van der Waals surface area contributed by atoms with Crippen molar-refractivity contribution >= 4 is 62.3 Å². The molecule has 0 aromatic rings. The minimum atomic E-state index is -1.31. The smallest absolute Gasteiger partial charge is 0.217 e. The first-order valence-corrected chi connectivity index (χ1v) is 9.04. The summed E-state index contributed by atoms with van der Waals surface area (Å²) >= 11 is 29.9. The van der Waals surface area contributed by atoms with Gasteiger partial charge in [0.25, 0.3) is 0 Å². The van der Waals surface area contributed by atoms with Gasteiger partial charge in [0.1, 0.15) is 9.75 Å². The Morgan fingerprint density at radius 3 is 2.18 bits per heavy atom. The third-order valence-electron chi connectivity index (χ3n) is 4.26. The lowest BCUT2D eigenvalue weighted by molar-refractivity contribution is -0.218. The van der Waals surface area contributed by atoms with Gasteiger partial charge in [-0.15, -0.1) is 29.1 Å². The second-order valence-corrected chi connectivity index (χ2v) is 10.0. The van der Waals surface area contributed by atoms with Crippen LogP contribution < -0.4 is 0 Å². The number of alkyl halides is 3. The Morgan fingerprint density at radius 1 is 1.23 bits per heavy atom. The van der Waals surface area contributed by atoms with Crippen LogP contribution in [0.15, 0.2) is 10.1 Å². The van der Waals surface area contributed by atoms with Crippen molar-refractivity contribution in [3.8, 4) is 11.8 Å². The van der Waals surface area contributed by atoms with Gasteiger partial charge in [0.15, 0.2) is 0 Å². The minimum absolute atomic E-state index is 0.135. The highest BCUT2D eigenvalue weighted by Crippen LogP contribution is 2.72. The average Bonchev–Trinajstić information content (AvgIpc) is 2.69. The third kappa shape index (κ3) is 2.37. The molecular weight excluding hydrogens is 434 g/mol. The molecule has 2 aliphatic rings. The van der Waals surface area contributed by atoms with E-state index in [1.165, 1.54) is 14.2 Å². The molecule has 7 heteroatoms. The van der Waals surface area contributed by atoms with E-state index in [9.17, 15) is 0 Å². The first-order valence-electron chi connectivity index (χ1n) is 6.73. The molecular formula is C15H17BrCl4O2. The lowest BCUT2D eigenvalue weighted by atomic mass is 9.88. The van der Waals surface area contributed by atoms with Gasteiger partial charge in [0, 0.05) is 26.6 Å². The summed E-state index contributed by atoms with van der Waals surface area (Å²) in [6.45, 7) is 3.94. The normalized spacial score (nSPS) is 36.5. The third-order valence-corrected chi connectivity index (χ3v) is 7.09. The summed E-state index contributed by atoms with van der Waals surface area (Å²) in [5.41, 5.74) is 0. The number of rotatable bonds is 3. The van der Waals surface area contributed by atoms with Crippen LogP contribution in [0.2, 0.25) is 0 Å². The van der Waals surface area contributed by atoms with E-state index >= 15 is 0 Å². The van der Waals surface area contributed by atoms with Crippen molar-refractivity contribution in [3.05, 3.63) is 10.1 Å². The number of halogens is 5. The van der Waals surface area contributed by atoms with Gasteiger partial charge in [0.2, 0.25) is 5.79 Å². The predicted octanol–water partition coefficient (Wildman–Crippen LogP) is 5.22. The molecule has 0 N–H and O–H groups in total. The predicted molar refractivity (Wildman–Crippen MR) is 96.2 cm³/mol.